The van der Waals surface area contributed by atoms with Crippen LogP contribution in [-0.4, -0.2) is 72.7 Å². The van der Waals surface area contributed by atoms with Crippen LogP contribution in [-0.2, 0) is 9.47 Å². The molecular formula is C15H27NO3S. The summed E-state index contributed by atoms with van der Waals surface area (Å²) < 4.78 is 11.9. The van der Waals surface area contributed by atoms with Gasteiger partial charge >= 0.3 is 0 Å². The topological polar surface area (TPSA) is 41.9 Å². The molecule has 20 heavy (non-hydrogen) atoms. The Morgan fingerprint density at radius 1 is 1.30 bits per heavy atom. The van der Waals surface area contributed by atoms with Crippen LogP contribution in [0.25, 0.3) is 0 Å². The quantitative estimate of drug-likeness (QED) is 0.834. The van der Waals surface area contributed by atoms with Crippen molar-refractivity contribution in [3.8, 4) is 0 Å². The lowest BCUT2D eigenvalue weighted by Gasteiger charge is -2.46. The SMILES string of the molecule is CN1CCOC(C(O)C2CCOC3(CCSCC3)C2)C1. The molecule has 0 amide bonds. The van der Waals surface area contributed by atoms with Crippen molar-refractivity contribution in [2.45, 2.75) is 43.5 Å². The first-order chi connectivity index (χ1) is 9.69. The molecule has 0 aromatic heterocycles. The summed E-state index contributed by atoms with van der Waals surface area (Å²) in [6.07, 6.45) is 3.91. The lowest BCUT2D eigenvalue weighted by molar-refractivity contribution is -0.153. The van der Waals surface area contributed by atoms with Crippen LogP contribution in [0.1, 0.15) is 25.7 Å². The van der Waals surface area contributed by atoms with E-state index in [2.05, 4.69) is 11.9 Å². The zero-order valence-electron chi connectivity index (χ0n) is 12.4. The van der Waals surface area contributed by atoms with Crippen molar-refractivity contribution in [1.82, 2.24) is 4.90 Å². The third kappa shape index (κ3) is 3.33. The first-order valence-electron chi connectivity index (χ1n) is 7.88. The van der Waals surface area contributed by atoms with Crippen LogP contribution >= 0.6 is 11.8 Å². The largest absolute Gasteiger partial charge is 0.390 e. The Labute approximate surface area is 126 Å². The molecule has 0 aromatic carbocycles. The summed E-state index contributed by atoms with van der Waals surface area (Å²) in [5, 5.41) is 10.7. The summed E-state index contributed by atoms with van der Waals surface area (Å²) in [5.41, 5.74) is 0.0513. The third-order valence-electron chi connectivity index (χ3n) is 5.10. The summed E-state index contributed by atoms with van der Waals surface area (Å²) in [4.78, 5) is 2.25. The lowest BCUT2D eigenvalue weighted by atomic mass is 9.78. The number of likely N-dealkylation sites (N-methyl/N-ethyl adjacent to an activating group) is 1. The molecule has 0 aromatic rings. The predicted molar refractivity (Wildman–Crippen MR) is 81.2 cm³/mol. The van der Waals surface area contributed by atoms with Gasteiger partial charge in [0.1, 0.15) is 0 Å². The molecule has 3 fully saturated rings. The predicted octanol–water partition coefficient (Wildman–Crippen LogP) is 1.37. The molecule has 3 unspecified atom stereocenters. The Morgan fingerprint density at radius 3 is 2.85 bits per heavy atom. The van der Waals surface area contributed by atoms with Crippen LogP contribution in [0.3, 0.4) is 0 Å². The molecule has 0 radical (unpaired) electrons. The summed E-state index contributed by atoms with van der Waals surface area (Å²) in [6, 6.07) is 0. The first-order valence-corrected chi connectivity index (χ1v) is 9.04. The van der Waals surface area contributed by atoms with Crippen LogP contribution in [0, 0.1) is 5.92 Å². The number of nitrogens with zero attached hydrogens (tertiary/aromatic N) is 1. The molecule has 3 aliphatic heterocycles. The van der Waals surface area contributed by atoms with E-state index < -0.39 is 0 Å². The molecule has 3 heterocycles. The van der Waals surface area contributed by atoms with Crippen molar-refractivity contribution in [1.29, 1.82) is 0 Å². The fourth-order valence-corrected chi connectivity index (χ4v) is 5.01. The van der Waals surface area contributed by atoms with Gasteiger partial charge in [0.2, 0.25) is 0 Å². The van der Waals surface area contributed by atoms with Crippen molar-refractivity contribution < 1.29 is 14.6 Å². The Morgan fingerprint density at radius 2 is 2.10 bits per heavy atom. The summed E-state index contributed by atoms with van der Waals surface area (Å²) in [5.74, 6) is 2.74. The van der Waals surface area contributed by atoms with Gasteiger partial charge in [0.25, 0.3) is 0 Å². The highest BCUT2D eigenvalue weighted by Gasteiger charge is 2.43. The second-order valence-electron chi connectivity index (χ2n) is 6.56. The molecule has 1 N–H and O–H groups in total. The van der Waals surface area contributed by atoms with Crippen LogP contribution in [0.4, 0.5) is 0 Å². The number of morpholine rings is 1. The third-order valence-corrected chi connectivity index (χ3v) is 6.08. The van der Waals surface area contributed by atoms with Gasteiger partial charge in [0.05, 0.1) is 24.4 Å². The fraction of sp³-hybridized carbons (Fsp3) is 1.00. The maximum atomic E-state index is 10.7. The molecule has 3 saturated heterocycles. The highest BCUT2D eigenvalue weighted by Crippen LogP contribution is 2.41. The molecule has 3 atom stereocenters. The fourth-order valence-electron chi connectivity index (χ4n) is 3.77. The molecule has 5 heteroatoms. The second-order valence-corrected chi connectivity index (χ2v) is 7.78. The molecule has 0 saturated carbocycles. The van der Waals surface area contributed by atoms with Crippen molar-refractivity contribution >= 4 is 11.8 Å². The van der Waals surface area contributed by atoms with Crippen LogP contribution < -0.4 is 0 Å². The summed E-state index contributed by atoms with van der Waals surface area (Å²) >= 11 is 2.03. The van der Waals surface area contributed by atoms with E-state index in [1.54, 1.807) is 0 Å². The van der Waals surface area contributed by atoms with Crippen LogP contribution in [0.2, 0.25) is 0 Å². The highest BCUT2D eigenvalue weighted by molar-refractivity contribution is 7.99. The van der Waals surface area contributed by atoms with E-state index in [-0.39, 0.29) is 17.8 Å². The van der Waals surface area contributed by atoms with Gasteiger partial charge in [-0.15, -0.1) is 0 Å². The summed E-state index contributed by atoms with van der Waals surface area (Å²) in [7, 11) is 2.10. The summed E-state index contributed by atoms with van der Waals surface area (Å²) in [6.45, 7) is 3.36. The molecular weight excluding hydrogens is 274 g/mol. The standard InChI is InChI=1S/C15H27NO3S/c1-16-5-7-18-13(11-16)14(17)12-2-6-19-15(10-12)3-8-20-9-4-15/h12-14,17H,2-11H2,1H3. The smallest absolute Gasteiger partial charge is 0.0963 e. The van der Waals surface area contributed by atoms with E-state index in [0.717, 1.165) is 52.0 Å². The minimum atomic E-state index is -0.340. The van der Waals surface area contributed by atoms with Crippen LogP contribution in [0.5, 0.6) is 0 Å². The number of aliphatic hydroxyl groups excluding tert-OH is 1. The zero-order valence-corrected chi connectivity index (χ0v) is 13.2. The van der Waals surface area contributed by atoms with Gasteiger partial charge in [-0.2, -0.15) is 11.8 Å². The van der Waals surface area contributed by atoms with E-state index in [0.29, 0.717) is 5.92 Å². The normalized spacial score (nSPS) is 36.9. The number of thioether (sulfide) groups is 1. The zero-order chi connectivity index (χ0) is 14.0. The number of hydrogen-bond donors (Lipinski definition) is 1. The lowest BCUT2D eigenvalue weighted by Crippen LogP contribution is -2.52. The van der Waals surface area contributed by atoms with Gasteiger partial charge in [-0.05, 0) is 50.2 Å². The van der Waals surface area contributed by atoms with Gasteiger partial charge in [0.15, 0.2) is 0 Å². The molecule has 116 valence electrons. The first kappa shape index (κ1) is 15.1. The maximum Gasteiger partial charge on any atom is 0.0963 e. The van der Waals surface area contributed by atoms with Crippen LogP contribution in [0.15, 0.2) is 0 Å². The van der Waals surface area contributed by atoms with Gasteiger partial charge in [0, 0.05) is 19.7 Å². The number of rotatable bonds is 2. The van der Waals surface area contributed by atoms with E-state index in [1.165, 1.54) is 11.5 Å². The van der Waals surface area contributed by atoms with Crippen molar-refractivity contribution in [2.75, 3.05) is 44.9 Å². The van der Waals surface area contributed by atoms with Gasteiger partial charge in [-0.3, -0.25) is 0 Å². The Bertz CT molecular complexity index is 317. The Hall–Kier alpha value is 0.190. The maximum absolute atomic E-state index is 10.7. The molecule has 3 aliphatic rings. The van der Waals surface area contributed by atoms with E-state index >= 15 is 0 Å². The molecule has 4 nitrogen and oxygen atoms in total. The minimum Gasteiger partial charge on any atom is -0.390 e. The average Bonchev–Trinajstić information content (AvgIpc) is 2.47. The molecule has 1 spiro atoms. The second kappa shape index (κ2) is 6.53. The van der Waals surface area contributed by atoms with Crippen molar-refractivity contribution in [3.05, 3.63) is 0 Å². The average molecular weight is 301 g/mol. The highest BCUT2D eigenvalue weighted by atomic mass is 32.2. The number of ether oxygens (including phenoxy) is 2. The van der Waals surface area contributed by atoms with E-state index in [9.17, 15) is 5.11 Å². The van der Waals surface area contributed by atoms with Gasteiger partial charge < -0.3 is 19.5 Å². The number of aliphatic hydroxyl groups is 1. The minimum absolute atomic E-state index is 0.0214. The number of hydrogen-bond acceptors (Lipinski definition) is 5. The van der Waals surface area contributed by atoms with Gasteiger partial charge in [-0.25, -0.2) is 0 Å². The molecule has 0 bridgehead atoms. The monoisotopic (exact) mass is 301 g/mol. The Balaban J connectivity index is 1.60. The van der Waals surface area contributed by atoms with Gasteiger partial charge in [-0.1, -0.05) is 0 Å². The Kier molecular flexibility index (Phi) is 4.93. The van der Waals surface area contributed by atoms with Crippen molar-refractivity contribution in [2.24, 2.45) is 5.92 Å². The molecule has 0 aliphatic carbocycles. The van der Waals surface area contributed by atoms with E-state index in [4.69, 9.17) is 9.47 Å². The van der Waals surface area contributed by atoms with Crippen molar-refractivity contribution in [3.63, 3.8) is 0 Å². The molecule has 3 rings (SSSR count). The van der Waals surface area contributed by atoms with E-state index in [1.807, 2.05) is 11.8 Å².